The number of carbonyl (C=O) groups is 1. The highest BCUT2D eigenvalue weighted by atomic mass is 32.1. The molecule has 1 aliphatic heterocycles. The van der Waals surface area contributed by atoms with Crippen molar-refractivity contribution in [3.05, 3.63) is 52.0 Å². The molecule has 0 N–H and O–H groups in total. The lowest BCUT2D eigenvalue weighted by molar-refractivity contribution is -0.124. The van der Waals surface area contributed by atoms with Gasteiger partial charge in [0, 0.05) is 30.3 Å². The number of ketones is 1. The molecule has 23 heavy (non-hydrogen) atoms. The van der Waals surface area contributed by atoms with Crippen molar-refractivity contribution < 1.29 is 4.79 Å². The van der Waals surface area contributed by atoms with Crippen molar-refractivity contribution in [2.24, 2.45) is 5.92 Å². The number of likely N-dealkylation sites (tertiary alicyclic amines) is 1. The molecule has 3 rings (SSSR count). The van der Waals surface area contributed by atoms with Gasteiger partial charge in [-0.05, 0) is 38.3 Å². The lowest BCUT2D eigenvalue weighted by Crippen LogP contribution is -2.38. The van der Waals surface area contributed by atoms with E-state index in [-0.39, 0.29) is 5.92 Å². The number of hydrogen-bond donors (Lipinski definition) is 0. The molecule has 1 fully saturated rings. The van der Waals surface area contributed by atoms with Crippen LogP contribution in [0.25, 0.3) is 0 Å². The number of aryl methyl sites for hydroxylation is 2. The lowest BCUT2D eigenvalue weighted by atomic mass is 9.90. The van der Waals surface area contributed by atoms with Crippen LogP contribution >= 0.6 is 11.3 Å². The SMILES string of the molecule is Cc1ncsc1CN1CCCC(C(=O)CCc2ccccc2)C1. The van der Waals surface area contributed by atoms with Crippen LogP contribution in [0, 0.1) is 12.8 Å². The fraction of sp³-hybridized carbons (Fsp3) is 0.474. The summed E-state index contributed by atoms with van der Waals surface area (Å²) in [5.74, 6) is 0.639. The summed E-state index contributed by atoms with van der Waals surface area (Å²) in [5.41, 5.74) is 4.30. The maximum Gasteiger partial charge on any atom is 0.137 e. The van der Waals surface area contributed by atoms with Gasteiger partial charge in [0.1, 0.15) is 5.78 Å². The van der Waals surface area contributed by atoms with Crippen LogP contribution in [0.3, 0.4) is 0 Å². The first-order valence-electron chi connectivity index (χ1n) is 8.40. The number of Topliss-reactive ketones (excluding diaryl/α,β-unsaturated/α-hetero) is 1. The second-order valence-electron chi connectivity index (χ2n) is 6.39. The summed E-state index contributed by atoms with van der Waals surface area (Å²) in [6.45, 7) is 5.02. The molecule has 1 aliphatic rings. The first kappa shape index (κ1) is 16.3. The van der Waals surface area contributed by atoms with E-state index >= 15 is 0 Å². The maximum absolute atomic E-state index is 12.5. The number of rotatable bonds is 6. The van der Waals surface area contributed by atoms with E-state index in [1.807, 2.05) is 23.7 Å². The Balaban J connectivity index is 1.51. The molecule has 4 heteroatoms. The zero-order chi connectivity index (χ0) is 16.1. The largest absolute Gasteiger partial charge is 0.299 e. The molecule has 0 bridgehead atoms. The smallest absolute Gasteiger partial charge is 0.137 e. The van der Waals surface area contributed by atoms with Gasteiger partial charge in [-0.25, -0.2) is 4.98 Å². The number of nitrogens with zero attached hydrogens (tertiary/aromatic N) is 2. The number of thiazole rings is 1. The van der Waals surface area contributed by atoms with E-state index in [4.69, 9.17) is 0 Å². The van der Waals surface area contributed by atoms with E-state index in [1.165, 1.54) is 10.4 Å². The average molecular weight is 328 g/mol. The Kier molecular flexibility index (Phi) is 5.57. The number of piperidine rings is 1. The van der Waals surface area contributed by atoms with Gasteiger partial charge in [0.25, 0.3) is 0 Å². The standard InChI is InChI=1S/C19H24N2OS/c1-15-19(23-14-20-15)13-21-11-5-8-17(12-21)18(22)10-9-16-6-3-2-4-7-16/h2-4,6-7,14,17H,5,8-13H2,1H3. The summed E-state index contributed by atoms with van der Waals surface area (Å²) in [7, 11) is 0. The number of aromatic nitrogens is 1. The lowest BCUT2D eigenvalue weighted by Gasteiger charge is -2.31. The Hall–Kier alpha value is -1.52. The van der Waals surface area contributed by atoms with Crippen molar-refractivity contribution in [1.29, 1.82) is 0 Å². The summed E-state index contributed by atoms with van der Waals surface area (Å²) in [6, 6.07) is 10.3. The Morgan fingerprint density at radius 2 is 2.17 bits per heavy atom. The highest BCUT2D eigenvalue weighted by Crippen LogP contribution is 2.23. The van der Waals surface area contributed by atoms with Crippen LogP contribution in [0.1, 0.15) is 35.4 Å². The fourth-order valence-corrected chi connectivity index (χ4v) is 4.08. The Morgan fingerprint density at radius 3 is 2.91 bits per heavy atom. The summed E-state index contributed by atoms with van der Waals surface area (Å²) < 4.78 is 0. The van der Waals surface area contributed by atoms with Gasteiger partial charge in [-0.2, -0.15) is 0 Å². The molecule has 1 saturated heterocycles. The van der Waals surface area contributed by atoms with E-state index in [9.17, 15) is 4.79 Å². The van der Waals surface area contributed by atoms with Crippen molar-refractivity contribution in [3.63, 3.8) is 0 Å². The van der Waals surface area contributed by atoms with Gasteiger partial charge in [-0.3, -0.25) is 9.69 Å². The molecule has 0 radical (unpaired) electrons. The highest BCUT2D eigenvalue weighted by Gasteiger charge is 2.25. The molecule has 0 amide bonds. The summed E-state index contributed by atoms with van der Waals surface area (Å²) in [4.78, 5) is 20.6. The minimum absolute atomic E-state index is 0.209. The Morgan fingerprint density at radius 1 is 1.35 bits per heavy atom. The molecule has 0 aliphatic carbocycles. The quantitative estimate of drug-likeness (QED) is 0.807. The van der Waals surface area contributed by atoms with Crippen molar-refractivity contribution in [2.75, 3.05) is 13.1 Å². The van der Waals surface area contributed by atoms with Gasteiger partial charge in [-0.15, -0.1) is 11.3 Å². The third-order valence-electron chi connectivity index (χ3n) is 4.68. The highest BCUT2D eigenvalue weighted by molar-refractivity contribution is 7.09. The van der Waals surface area contributed by atoms with Crippen LogP contribution < -0.4 is 0 Å². The summed E-state index contributed by atoms with van der Waals surface area (Å²) >= 11 is 1.72. The molecule has 1 unspecified atom stereocenters. The molecule has 3 nitrogen and oxygen atoms in total. The summed E-state index contributed by atoms with van der Waals surface area (Å²) in [5, 5.41) is 0. The molecule has 1 atom stereocenters. The molecule has 0 spiro atoms. The second kappa shape index (κ2) is 7.84. The van der Waals surface area contributed by atoms with Gasteiger partial charge in [0.05, 0.1) is 11.2 Å². The molecule has 2 aromatic rings. The van der Waals surface area contributed by atoms with Crippen LogP contribution in [0.4, 0.5) is 0 Å². The van der Waals surface area contributed by atoms with E-state index < -0.39 is 0 Å². The van der Waals surface area contributed by atoms with E-state index in [2.05, 4.69) is 28.9 Å². The van der Waals surface area contributed by atoms with Crippen molar-refractivity contribution >= 4 is 17.1 Å². The van der Waals surface area contributed by atoms with Crippen LogP contribution in [0.2, 0.25) is 0 Å². The predicted molar refractivity (Wildman–Crippen MR) is 94.6 cm³/mol. The van der Waals surface area contributed by atoms with E-state index in [1.54, 1.807) is 11.3 Å². The molecule has 2 heterocycles. The minimum atomic E-state index is 0.209. The zero-order valence-corrected chi connectivity index (χ0v) is 14.5. The first-order valence-corrected chi connectivity index (χ1v) is 9.28. The second-order valence-corrected chi connectivity index (χ2v) is 7.33. The maximum atomic E-state index is 12.5. The van der Waals surface area contributed by atoms with Crippen LogP contribution in [-0.2, 0) is 17.8 Å². The van der Waals surface area contributed by atoms with Gasteiger partial charge in [0.15, 0.2) is 0 Å². The van der Waals surface area contributed by atoms with Gasteiger partial charge in [-0.1, -0.05) is 30.3 Å². The van der Waals surface area contributed by atoms with E-state index in [0.717, 1.165) is 44.6 Å². The molecule has 1 aromatic carbocycles. The number of hydrogen-bond acceptors (Lipinski definition) is 4. The van der Waals surface area contributed by atoms with Crippen molar-refractivity contribution in [3.8, 4) is 0 Å². The molecular formula is C19H24N2OS. The minimum Gasteiger partial charge on any atom is -0.299 e. The normalized spacial score (nSPS) is 18.9. The number of benzene rings is 1. The van der Waals surface area contributed by atoms with Crippen molar-refractivity contribution in [2.45, 2.75) is 39.2 Å². The Bertz CT molecular complexity index is 638. The predicted octanol–water partition coefficient (Wildman–Crippen LogP) is 3.87. The molecular weight excluding hydrogens is 304 g/mol. The average Bonchev–Trinajstić information content (AvgIpc) is 2.99. The third-order valence-corrected chi connectivity index (χ3v) is 5.60. The first-order chi connectivity index (χ1) is 11.2. The van der Waals surface area contributed by atoms with Crippen LogP contribution in [0.15, 0.2) is 35.8 Å². The molecule has 122 valence electrons. The van der Waals surface area contributed by atoms with Gasteiger partial charge in [0.2, 0.25) is 0 Å². The van der Waals surface area contributed by atoms with Crippen LogP contribution in [-0.4, -0.2) is 28.8 Å². The van der Waals surface area contributed by atoms with Gasteiger partial charge < -0.3 is 0 Å². The molecule has 1 aromatic heterocycles. The third kappa shape index (κ3) is 4.49. The van der Waals surface area contributed by atoms with E-state index in [0.29, 0.717) is 12.2 Å². The monoisotopic (exact) mass is 328 g/mol. The van der Waals surface area contributed by atoms with Gasteiger partial charge >= 0.3 is 0 Å². The Labute approximate surface area is 142 Å². The fourth-order valence-electron chi connectivity index (χ4n) is 3.26. The molecule has 0 saturated carbocycles. The zero-order valence-electron chi connectivity index (χ0n) is 13.7. The number of carbonyl (C=O) groups excluding carboxylic acids is 1. The van der Waals surface area contributed by atoms with Crippen LogP contribution in [0.5, 0.6) is 0 Å². The van der Waals surface area contributed by atoms with Crippen molar-refractivity contribution in [1.82, 2.24) is 9.88 Å². The summed E-state index contributed by atoms with van der Waals surface area (Å²) in [6.07, 6.45) is 3.71. The topological polar surface area (TPSA) is 33.2 Å².